The summed E-state index contributed by atoms with van der Waals surface area (Å²) < 4.78 is 10.8. The maximum atomic E-state index is 5.76. The maximum Gasteiger partial charge on any atom is 0.237 e. The molecule has 2 N–H and O–H groups in total. The first-order valence-corrected chi connectivity index (χ1v) is 5.52. The Kier molecular flexibility index (Phi) is 5.05. The largest absolute Gasteiger partial charge is 0.474 e. The fourth-order valence-corrected chi connectivity index (χ4v) is 1.22. The summed E-state index contributed by atoms with van der Waals surface area (Å²) in [4.78, 5) is 4.11. The molecule has 1 aromatic rings. The predicted molar refractivity (Wildman–Crippen MR) is 64.5 cm³/mol. The fraction of sp³-hybridized carbons (Fsp3) is 0.583. The molecule has 0 bridgehead atoms. The lowest BCUT2D eigenvalue weighted by molar-refractivity contribution is 0.0808. The highest BCUT2D eigenvalue weighted by Gasteiger charge is 2.02. The molecule has 0 amide bonds. The van der Waals surface area contributed by atoms with Crippen LogP contribution in [0.15, 0.2) is 12.3 Å². The fourth-order valence-electron chi connectivity index (χ4n) is 1.22. The lowest BCUT2D eigenvalue weighted by Gasteiger charge is -2.09. The Balaban J connectivity index is 2.27. The van der Waals surface area contributed by atoms with Crippen LogP contribution in [0.25, 0.3) is 0 Å². The van der Waals surface area contributed by atoms with Gasteiger partial charge in [0.15, 0.2) is 0 Å². The Morgan fingerprint density at radius 1 is 1.38 bits per heavy atom. The molecular weight excluding hydrogens is 204 g/mol. The van der Waals surface area contributed by atoms with Crippen molar-refractivity contribution < 1.29 is 9.47 Å². The number of nitrogens with zero attached hydrogens (tertiary/aromatic N) is 1. The molecule has 1 heterocycles. The Labute approximate surface area is 96.8 Å². The van der Waals surface area contributed by atoms with E-state index in [0.717, 1.165) is 12.2 Å². The molecular formula is C12H20N2O2. The summed E-state index contributed by atoms with van der Waals surface area (Å²) in [6.45, 7) is 7.96. The van der Waals surface area contributed by atoms with E-state index in [-0.39, 0.29) is 0 Å². The van der Waals surface area contributed by atoms with Crippen LogP contribution in [0, 0.1) is 12.8 Å². The van der Waals surface area contributed by atoms with E-state index in [2.05, 4.69) is 18.8 Å². The number of aromatic nitrogens is 1. The number of aryl methyl sites for hydroxylation is 1. The van der Waals surface area contributed by atoms with Crippen LogP contribution < -0.4 is 10.5 Å². The quantitative estimate of drug-likeness (QED) is 0.751. The second-order valence-electron chi connectivity index (χ2n) is 4.22. The van der Waals surface area contributed by atoms with Crippen molar-refractivity contribution in [3.63, 3.8) is 0 Å². The number of nitrogen functional groups attached to an aromatic ring is 1. The minimum atomic E-state index is 0.479. The molecule has 90 valence electrons. The van der Waals surface area contributed by atoms with Crippen molar-refractivity contribution >= 4 is 5.69 Å². The number of pyridine rings is 1. The van der Waals surface area contributed by atoms with E-state index in [1.54, 1.807) is 6.20 Å². The normalized spacial score (nSPS) is 10.8. The van der Waals surface area contributed by atoms with E-state index >= 15 is 0 Å². The van der Waals surface area contributed by atoms with Crippen LogP contribution in [0.5, 0.6) is 5.88 Å². The second-order valence-corrected chi connectivity index (χ2v) is 4.22. The molecule has 0 radical (unpaired) electrons. The first-order chi connectivity index (χ1) is 7.59. The van der Waals surface area contributed by atoms with Gasteiger partial charge >= 0.3 is 0 Å². The zero-order valence-electron chi connectivity index (χ0n) is 10.2. The van der Waals surface area contributed by atoms with E-state index in [9.17, 15) is 0 Å². The van der Waals surface area contributed by atoms with Crippen molar-refractivity contribution in [3.05, 3.63) is 17.8 Å². The number of hydrogen-bond donors (Lipinski definition) is 1. The first-order valence-electron chi connectivity index (χ1n) is 5.52. The van der Waals surface area contributed by atoms with Gasteiger partial charge in [0.2, 0.25) is 5.88 Å². The zero-order valence-corrected chi connectivity index (χ0v) is 10.2. The molecule has 0 atom stereocenters. The lowest BCUT2D eigenvalue weighted by Crippen LogP contribution is -2.11. The third-order valence-corrected chi connectivity index (χ3v) is 1.93. The monoisotopic (exact) mass is 224 g/mol. The summed E-state index contributed by atoms with van der Waals surface area (Å²) in [6, 6.07) is 1.84. The topological polar surface area (TPSA) is 57.4 Å². The SMILES string of the molecule is Cc1cnc(OCCOCC(C)C)c(N)c1. The summed E-state index contributed by atoms with van der Waals surface area (Å²) in [5, 5.41) is 0. The second kappa shape index (κ2) is 6.33. The highest BCUT2D eigenvalue weighted by atomic mass is 16.5. The summed E-state index contributed by atoms with van der Waals surface area (Å²) in [7, 11) is 0. The predicted octanol–water partition coefficient (Wildman–Crippen LogP) is 2.02. The van der Waals surface area contributed by atoms with Gasteiger partial charge in [0, 0.05) is 12.8 Å². The Morgan fingerprint density at radius 2 is 2.12 bits per heavy atom. The smallest absolute Gasteiger partial charge is 0.237 e. The Bertz CT molecular complexity index is 327. The van der Waals surface area contributed by atoms with E-state index in [4.69, 9.17) is 15.2 Å². The van der Waals surface area contributed by atoms with Gasteiger partial charge < -0.3 is 15.2 Å². The van der Waals surface area contributed by atoms with Gasteiger partial charge in [-0.3, -0.25) is 0 Å². The van der Waals surface area contributed by atoms with E-state index in [1.165, 1.54) is 0 Å². The molecule has 0 saturated heterocycles. The minimum absolute atomic E-state index is 0.479. The van der Waals surface area contributed by atoms with Crippen LogP contribution in [-0.2, 0) is 4.74 Å². The average molecular weight is 224 g/mol. The highest BCUT2D eigenvalue weighted by Crippen LogP contribution is 2.18. The maximum absolute atomic E-state index is 5.76. The van der Waals surface area contributed by atoms with Crippen molar-refractivity contribution in [2.75, 3.05) is 25.6 Å². The van der Waals surface area contributed by atoms with Crippen LogP contribution in [-0.4, -0.2) is 24.8 Å². The third-order valence-electron chi connectivity index (χ3n) is 1.93. The molecule has 0 aliphatic rings. The molecule has 0 aliphatic carbocycles. The number of hydrogen-bond acceptors (Lipinski definition) is 4. The average Bonchev–Trinajstić information content (AvgIpc) is 2.20. The van der Waals surface area contributed by atoms with Crippen molar-refractivity contribution in [1.29, 1.82) is 0 Å². The van der Waals surface area contributed by atoms with Crippen LogP contribution in [0.1, 0.15) is 19.4 Å². The van der Waals surface area contributed by atoms with Crippen LogP contribution in [0.4, 0.5) is 5.69 Å². The Hall–Kier alpha value is -1.29. The summed E-state index contributed by atoms with van der Waals surface area (Å²) in [5.41, 5.74) is 7.36. The molecule has 0 fully saturated rings. The molecule has 1 aromatic heterocycles. The van der Waals surface area contributed by atoms with E-state index in [0.29, 0.717) is 30.7 Å². The van der Waals surface area contributed by atoms with Crippen molar-refractivity contribution in [2.24, 2.45) is 5.92 Å². The van der Waals surface area contributed by atoms with Gasteiger partial charge in [0.25, 0.3) is 0 Å². The van der Waals surface area contributed by atoms with Crippen LogP contribution in [0.2, 0.25) is 0 Å². The van der Waals surface area contributed by atoms with Crippen LogP contribution >= 0.6 is 0 Å². The molecule has 0 saturated carbocycles. The third kappa shape index (κ3) is 4.49. The molecule has 4 nitrogen and oxygen atoms in total. The summed E-state index contributed by atoms with van der Waals surface area (Å²) in [5.74, 6) is 1.03. The molecule has 0 aromatic carbocycles. The molecule has 1 rings (SSSR count). The number of rotatable bonds is 6. The van der Waals surface area contributed by atoms with Crippen molar-refractivity contribution in [2.45, 2.75) is 20.8 Å². The first kappa shape index (κ1) is 12.8. The van der Waals surface area contributed by atoms with Crippen molar-refractivity contribution in [3.8, 4) is 5.88 Å². The standard InChI is InChI=1S/C12H20N2O2/c1-9(2)8-15-4-5-16-12-11(13)6-10(3)7-14-12/h6-7,9H,4-5,8,13H2,1-3H3. The van der Waals surface area contributed by atoms with Gasteiger partial charge in [0.05, 0.1) is 12.3 Å². The molecule has 16 heavy (non-hydrogen) atoms. The van der Waals surface area contributed by atoms with Gasteiger partial charge in [-0.1, -0.05) is 13.8 Å². The van der Waals surface area contributed by atoms with Gasteiger partial charge in [0.1, 0.15) is 6.61 Å². The highest BCUT2D eigenvalue weighted by molar-refractivity contribution is 5.49. The van der Waals surface area contributed by atoms with E-state index in [1.807, 2.05) is 13.0 Å². The van der Waals surface area contributed by atoms with Gasteiger partial charge in [-0.15, -0.1) is 0 Å². The summed E-state index contributed by atoms with van der Waals surface area (Å²) >= 11 is 0. The zero-order chi connectivity index (χ0) is 12.0. The molecule has 4 heteroatoms. The van der Waals surface area contributed by atoms with E-state index < -0.39 is 0 Å². The van der Waals surface area contributed by atoms with Gasteiger partial charge in [-0.2, -0.15) is 0 Å². The van der Waals surface area contributed by atoms with Gasteiger partial charge in [-0.05, 0) is 24.5 Å². The molecule has 0 aliphatic heterocycles. The van der Waals surface area contributed by atoms with Gasteiger partial charge in [-0.25, -0.2) is 4.98 Å². The Morgan fingerprint density at radius 3 is 2.75 bits per heavy atom. The lowest BCUT2D eigenvalue weighted by atomic mass is 10.2. The molecule has 0 unspecified atom stereocenters. The minimum Gasteiger partial charge on any atom is -0.474 e. The number of ether oxygens (including phenoxy) is 2. The van der Waals surface area contributed by atoms with Crippen molar-refractivity contribution in [1.82, 2.24) is 4.98 Å². The van der Waals surface area contributed by atoms with Crippen LogP contribution in [0.3, 0.4) is 0 Å². The molecule has 0 spiro atoms. The number of anilines is 1. The summed E-state index contributed by atoms with van der Waals surface area (Å²) in [6.07, 6.45) is 1.74. The number of nitrogens with two attached hydrogens (primary N) is 1.